The quantitative estimate of drug-likeness (QED) is 0.149. The van der Waals surface area contributed by atoms with Crippen LogP contribution in [0.15, 0.2) is 167 Å². The second-order valence-corrected chi connectivity index (χ2v) is 20.1. The number of hydrogen-bond donors (Lipinski definition) is 0. The highest BCUT2D eigenvalue weighted by Crippen LogP contribution is 2.59. The van der Waals surface area contributed by atoms with E-state index in [2.05, 4.69) is 183 Å². The van der Waals surface area contributed by atoms with E-state index in [1.165, 1.54) is 42.4 Å². The average molecular weight is 903 g/mol. The molecule has 0 saturated carbocycles. The van der Waals surface area contributed by atoms with Gasteiger partial charge in [-0.3, -0.25) is 9.97 Å². The van der Waals surface area contributed by atoms with Gasteiger partial charge >= 0.3 is 0 Å². The molecule has 0 unspecified atom stereocenters. The molecule has 68 heavy (non-hydrogen) atoms. The fourth-order valence-electron chi connectivity index (χ4n) is 10.6. The lowest BCUT2D eigenvalue weighted by Crippen LogP contribution is -2.16. The Hall–Kier alpha value is -7.88. The van der Waals surface area contributed by atoms with E-state index in [0.29, 0.717) is 17.3 Å². The Morgan fingerprint density at radius 1 is 0.500 bits per heavy atom. The predicted octanol–water partition coefficient (Wildman–Crippen LogP) is 16.9. The summed E-state index contributed by atoms with van der Waals surface area (Å²) in [6.45, 7) is 13.5. The predicted molar refractivity (Wildman–Crippen MR) is 280 cm³/mol. The highest BCUT2D eigenvalue weighted by molar-refractivity contribution is 7.26. The summed E-state index contributed by atoms with van der Waals surface area (Å²) in [5.74, 6) is 0.586. The van der Waals surface area contributed by atoms with E-state index in [-0.39, 0.29) is 11.3 Å². The van der Waals surface area contributed by atoms with Crippen LogP contribution in [0.3, 0.4) is 0 Å². The van der Waals surface area contributed by atoms with E-state index in [1.54, 1.807) is 12.4 Å². The first-order valence-electron chi connectivity index (χ1n) is 23.3. The van der Waals surface area contributed by atoms with Crippen molar-refractivity contribution < 1.29 is 8.83 Å². The lowest BCUT2D eigenvalue weighted by molar-refractivity contribution is 0.654. The molecule has 0 atom stereocenters. The minimum absolute atomic E-state index is 0.285. The summed E-state index contributed by atoms with van der Waals surface area (Å²) in [4.78, 5) is 23.9. The summed E-state index contributed by atoms with van der Waals surface area (Å²) >= 11 is 1.87. The maximum Gasteiger partial charge on any atom is 0.227 e. The Labute approximate surface area is 397 Å². The molecular formula is C59H46N6O2S. The van der Waals surface area contributed by atoms with E-state index in [9.17, 15) is 0 Å². The molecule has 0 saturated heterocycles. The van der Waals surface area contributed by atoms with Crippen LogP contribution in [0.5, 0.6) is 0 Å². The molecule has 7 aromatic heterocycles. The molecule has 13 rings (SSSR count). The molecule has 0 bridgehead atoms. The van der Waals surface area contributed by atoms with Gasteiger partial charge in [-0.25, -0.2) is 9.97 Å². The van der Waals surface area contributed by atoms with E-state index in [1.807, 2.05) is 35.9 Å². The van der Waals surface area contributed by atoms with E-state index in [0.717, 1.165) is 78.2 Å². The van der Waals surface area contributed by atoms with Crippen LogP contribution in [-0.4, -0.2) is 19.9 Å². The fraction of sp³-hybridized carbons (Fsp3) is 0.153. The zero-order valence-corrected chi connectivity index (χ0v) is 39.4. The molecule has 0 aliphatic heterocycles. The number of furan rings is 2. The molecule has 330 valence electrons. The molecule has 7 heterocycles. The number of benzene rings is 5. The van der Waals surface area contributed by atoms with Crippen molar-refractivity contribution in [3.05, 3.63) is 181 Å². The lowest BCUT2D eigenvalue weighted by atomic mass is 9.82. The molecule has 8 nitrogen and oxygen atoms in total. The molecule has 0 radical (unpaired) electrons. The molecule has 0 fully saturated rings. The fourth-order valence-corrected chi connectivity index (χ4v) is 12.0. The average Bonchev–Trinajstić information content (AvgIpc) is 4.10. The van der Waals surface area contributed by atoms with Gasteiger partial charge < -0.3 is 18.6 Å². The minimum atomic E-state index is -0.314. The van der Waals surface area contributed by atoms with Gasteiger partial charge in [0, 0.05) is 82.2 Å². The Kier molecular flexibility index (Phi) is 8.95. The molecule has 0 spiro atoms. The number of para-hydroxylation sites is 2. The van der Waals surface area contributed by atoms with Gasteiger partial charge in [0.25, 0.3) is 0 Å². The van der Waals surface area contributed by atoms with Crippen molar-refractivity contribution in [3.8, 4) is 11.1 Å². The van der Waals surface area contributed by atoms with Gasteiger partial charge in [0.1, 0.15) is 0 Å². The normalized spacial score (nSPS) is 13.2. The molecule has 1 aliphatic rings. The SMILES string of the molecule is CC(C)c1ccc(N(c2ccc3c(c2)sc2c4c(c(N(c5ccc(C(C)C)nc5)c5cccc6c5oc5ncccc56)cc23)-c2ccccc2C4(C)C)c2cccc3c2oc2ncccc23)cn1. The van der Waals surface area contributed by atoms with E-state index < -0.39 is 0 Å². The van der Waals surface area contributed by atoms with Gasteiger partial charge in [0.2, 0.25) is 11.4 Å². The van der Waals surface area contributed by atoms with Crippen molar-refractivity contribution in [2.45, 2.75) is 58.8 Å². The molecule has 9 heteroatoms. The molecule has 12 aromatic rings. The maximum atomic E-state index is 6.72. The van der Waals surface area contributed by atoms with Crippen molar-refractivity contribution >= 4 is 110 Å². The number of fused-ring (bicyclic) bond motifs is 13. The van der Waals surface area contributed by atoms with Crippen molar-refractivity contribution in [1.82, 2.24) is 19.9 Å². The lowest BCUT2D eigenvalue weighted by Gasteiger charge is -2.29. The second kappa shape index (κ2) is 15.1. The van der Waals surface area contributed by atoms with Crippen molar-refractivity contribution in [2.24, 2.45) is 0 Å². The third-order valence-electron chi connectivity index (χ3n) is 14.0. The summed E-state index contributed by atoms with van der Waals surface area (Å²) in [6.07, 6.45) is 7.58. The first-order valence-corrected chi connectivity index (χ1v) is 24.1. The molecule has 1 aliphatic carbocycles. The zero-order chi connectivity index (χ0) is 46.0. The number of nitrogens with zero attached hydrogens (tertiary/aromatic N) is 6. The summed E-state index contributed by atoms with van der Waals surface area (Å²) in [6, 6.07) is 47.7. The van der Waals surface area contributed by atoms with Gasteiger partial charge in [0.15, 0.2) is 11.2 Å². The van der Waals surface area contributed by atoms with Gasteiger partial charge in [0.05, 0.1) is 40.8 Å². The molecule has 0 N–H and O–H groups in total. The Balaban J connectivity index is 1.08. The minimum Gasteiger partial charge on any atom is -0.435 e. The third-order valence-corrected chi connectivity index (χ3v) is 15.1. The van der Waals surface area contributed by atoms with E-state index >= 15 is 0 Å². The van der Waals surface area contributed by atoms with Gasteiger partial charge in [-0.15, -0.1) is 11.3 Å². The van der Waals surface area contributed by atoms with Crippen LogP contribution >= 0.6 is 11.3 Å². The van der Waals surface area contributed by atoms with Gasteiger partial charge in [-0.2, -0.15) is 0 Å². The van der Waals surface area contributed by atoms with Crippen LogP contribution in [0.2, 0.25) is 0 Å². The number of aromatic nitrogens is 4. The molecule has 5 aromatic carbocycles. The van der Waals surface area contributed by atoms with Gasteiger partial charge in [-0.1, -0.05) is 96.1 Å². The van der Waals surface area contributed by atoms with Crippen LogP contribution in [0.4, 0.5) is 34.1 Å². The zero-order valence-electron chi connectivity index (χ0n) is 38.6. The highest BCUT2D eigenvalue weighted by atomic mass is 32.1. The van der Waals surface area contributed by atoms with E-state index in [4.69, 9.17) is 18.8 Å². The third kappa shape index (κ3) is 5.98. The number of hydrogen-bond acceptors (Lipinski definition) is 9. The van der Waals surface area contributed by atoms with Crippen LogP contribution in [0.1, 0.15) is 75.9 Å². The standard InChI is InChI=1S/C59H46N6O2S/c1-33(2)46-25-22-36(31-62-46)64(48-19-9-14-39-41-16-11-27-60-57(41)66-54(39)48)35-21-24-38-44-30-50(52-43-13-7-8-18-45(43)59(5,6)53(52)56(44)68-51(38)29-35)65(37-23-26-47(34(3)4)63-32-37)49-20-10-15-40-42-17-12-28-61-58(42)67-55(40)49/h7-34H,1-6H3. The monoisotopic (exact) mass is 902 g/mol. The van der Waals surface area contributed by atoms with Crippen LogP contribution in [-0.2, 0) is 5.41 Å². The number of pyridine rings is 4. The summed E-state index contributed by atoms with van der Waals surface area (Å²) in [7, 11) is 0. The first kappa shape index (κ1) is 40.4. The van der Waals surface area contributed by atoms with Crippen LogP contribution in [0.25, 0.3) is 75.4 Å². The second-order valence-electron chi connectivity index (χ2n) is 19.1. The summed E-state index contributed by atoms with van der Waals surface area (Å²) in [5, 5.41) is 6.38. The number of rotatable bonds is 8. The number of anilines is 6. The van der Waals surface area contributed by atoms with Crippen molar-refractivity contribution in [2.75, 3.05) is 9.80 Å². The van der Waals surface area contributed by atoms with Gasteiger partial charge in [-0.05, 0) is 107 Å². The number of thiophene rings is 1. The first-order chi connectivity index (χ1) is 33.1. The maximum absolute atomic E-state index is 6.72. The topological polar surface area (TPSA) is 84.3 Å². The Morgan fingerprint density at radius 2 is 1.07 bits per heavy atom. The molecular weight excluding hydrogens is 857 g/mol. The Morgan fingerprint density at radius 3 is 1.68 bits per heavy atom. The smallest absolute Gasteiger partial charge is 0.227 e. The molecule has 0 amide bonds. The highest BCUT2D eigenvalue weighted by Gasteiger charge is 2.41. The Bertz CT molecular complexity index is 3980. The summed E-state index contributed by atoms with van der Waals surface area (Å²) in [5.41, 5.74) is 15.4. The van der Waals surface area contributed by atoms with Crippen molar-refractivity contribution in [3.63, 3.8) is 0 Å². The van der Waals surface area contributed by atoms with Crippen molar-refractivity contribution in [1.29, 1.82) is 0 Å². The van der Waals surface area contributed by atoms with Crippen LogP contribution < -0.4 is 9.80 Å². The summed E-state index contributed by atoms with van der Waals surface area (Å²) < 4.78 is 15.8. The largest absolute Gasteiger partial charge is 0.435 e. The van der Waals surface area contributed by atoms with Crippen LogP contribution in [0, 0.1) is 0 Å².